The average molecular weight is 155 g/mol. The third-order valence-electron chi connectivity index (χ3n) is 1.36. The Labute approximate surface area is 64.4 Å². The first-order valence-electron chi connectivity index (χ1n) is 2.95. The zero-order chi connectivity index (χ0) is 7.56. The van der Waals surface area contributed by atoms with E-state index in [0.717, 1.165) is 11.3 Å². The second-order valence-corrected chi connectivity index (χ2v) is 2.51. The topological polar surface area (TPSA) is 39.6 Å². The summed E-state index contributed by atoms with van der Waals surface area (Å²) in [7, 11) is 0. The van der Waals surface area contributed by atoms with Crippen molar-refractivity contribution in [2.75, 3.05) is 0 Å². The van der Waals surface area contributed by atoms with Crippen LogP contribution in [-0.2, 0) is 6.42 Å². The van der Waals surface area contributed by atoms with Gasteiger partial charge in [-0.1, -0.05) is 11.6 Å². The van der Waals surface area contributed by atoms with Crippen molar-refractivity contribution in [2.45, 2.75) is 13.3 Å². The molecule has 0 spiro atoms. The molecule has 52 valence electrons. The van der Waals surface area contributed by atoms with Gasteiger partial charge in [0.15, 0.2) is 0 Å². The van der Waals surface area contributed by atoms with E-state index in [-0.39, 0.29) is 0 Å². The standard InChI is InChI=1S/C7H7ClN2/c1-5-6(2-3-9)4-7(8)10-5/h4,10H,2H2,1H3. The van der Waals surface area contributed by atoms with Crippen molar-refractivity contribution in [2.24, 2.45) is 0 Å². The van der Waals surface area contributed by atoms with Gasteiger partial charge >= 0.3 is 0 Å². The van der Waals surface area contributed by atoms with Crippen LogP contribution in [0.3, 0.4) is 0 Å². The molecule has 1 N–H and O–H groups in total. The lowest BCUT2D eigenvalue weighted by atomic mass is 10.2. The molecule has 0 aliphatic heterocycles. The van der Waals surface area contributed by atoms with Crippen LogP contribution < -0.4 is 0 Å². The molecular weight excluding hydrogens is 148 g/mol. The van der Waals surface area contributed by atoms with Crippen LogP contribution in [-0.4, -0.2) is 4.98 Å². The van der Waals surface area contributed by atoms with Crippen LogP contribution in [0.2, 0.25) is 5.15 Å². The number of nitrogens with zero attached hydrogens (tertiary/aromatic N) is 1. The monoisotopic (exact) mass is 154 g/mol. The number of aryl methyl sites for hydroxylation is 1. The Bertz CT molecular complexity index is 270. The molecule has 0 aliphatic carbocycles. The van der Waals surface area contributed by atoms with Gasteiger partial charge in [-0.15, -0.1) is 0 Å². The van der Waals surface area contributed by atoms with E-state index in [1.165, 1.54) is 0 Å². The molecule has 1 heterocycles. The molecule has 1 aromatic rings. The Kier molecular flexibility index (Phi) is 1.98. The fourth-order valence-corrected chi connectivity index (χ4v) is 1.10. The third kappa shape index (κ3) is 1.31. The number of nitrogens with one attached hydrogen (secondary N) is 1. The Balaban J connectivity index is 2.94. The summed E-state index contributed by atoms with van der Waals surface area (Å²) in [6.45, 7) is 1.90. The van der Waals surface area contributed by atoms with Crippen molar-refractivity contribution < 1.29 is 0 Å². The molecule has 0 aliphatic rings. The molecule has 1 aromatic heterocycles. The van der Waals surface area contributed by atoms with E-state index in [9.17, 15) is 0 Å². The highest BCUT2D eigenvalue weighted by Crippen LogP contribution is 2.13. The van der Waals surface area contributed by atoms with Crippen LogP contribution in [0, 0.1) is 18.3 Å². The maximum atomic E-state index is 8.35. The van der Waals surface area contributed by atoms with E-state index in [1.807, 2.05) is 6.92 Å². The zero-order valence-corrected chi connectivity index (χ0v) is 6.37. The molecule has 0 saturated carbocycles. The number of aromatic nitrogens is 1. The second kappa shape index (κ2) is 2.76. The number of nitriles is 1. The van der Waals surface area contributed by atoms with Crippen LogP contribution in [0.25, 0.3) is 0 Å². The van der Waals surface area contributed by atoms with E-state index in [0.29, 0.717) is 11.6 Å². The van der Waals surface area contributed by atoms with Gasteiger partial charge in [0.25, 0.3) is 0 Å². The molecule has 0 fully saturated rings. The van der Waals surface area contributed by atoms with Crippen molar-refractivity contribution in [3.8, 4) is 6.07 Å². The molecule has 1 rings (SSSR count). The van der Waals surface area contributed by atoms with Crippen LogP contribution in [0.5, 0.6) is 0 Å². The third-order valence-corrected chi connectivity index (χ3v) is 1.56. The molecule has 0 radical (unpaired) electrons. The summed E-state index contributed by atoms with van der Waals surface area (Å²) in [6.07, 6.45) is 0.426. The summed E-state index contributed by atoms with van der Waals surface area (Å²) in [4.78, 5) is 2.91. The molecule has 3 heteroatoms. The first kappa shape index (κ1) is 7.17. The maximum absolute atomic E-state index is 8.35. The number of halogens is 1. The molecule has 0 amide bonds. The number of hydrogen-bond donors (Lipinski definition) is 1. The highest BCUT2D eigenvalue weighted by Gasteiger charge is 2.00. The smallest absolute Gasteiger partial charge is 0.106 e. The lowest BCUT2D eigenvalue weighted by molar-refractivity contribution is 1.18. The van der Waals surface area contributed by atoms with Gasteiger partial charge in [-0.3, -0.25) is 0 Å². The van der Waals surface area contributed by atoms with Gasteiger partial charge in [-0.05, 0) is 18.6 Å². The minimum Gasteiger partial charge on any atom is -0.350 e. The van der Waals surface area contributed by atoms with Gasteiger partial charge < -0.3 is 4.98 Å². The fourth-order valence-electron chi connectivity index (χ4n) is 0.825. The minimum absolute atomic E-state index is 0.426. The van der Waals surface area contributed by atoms with Gasteiger partial charge in [-0.2, -0.15) is 5.26 Å². The average Bonchev–Trinajstić information content (AvgIpc) is 2.13. The summed E-state index contributed by atoms with van der Waals surface area (Å²) in [5.41, 5.74) is 1.96. The number of rotatable bonds is 1. The van der Waals surface area contributed by atoms with Gasteiger partial charge in [0.05, 0.1) is 12.5 Å². The van der Waals surface area contributed by atoms with Crippen molar-refractivity contribution >= 4 is 11.6 Å². The molecule has 2 nitrogen and oxygen atoms in total. The molecule has 0 aromatic carbocycles. The Hall–Kier alpha value is -0.940. The van der Waals surface area contributed by atoms with Crippen molar-refractivity contribution in [3.63, 3.8) is 0 Å². The lowest BCUT2D eigenvalue weighted by Gasteiger charge is -1.86. The summed E-state index contributed by atoms with van der Waals surface area (Å²) in [6, 6.07) is 3.84. The van der Waals surface area contributed by atoms with Crippen molar-refractivity contribution in [1.29, 1.82) is 5.26 Å². The van der Waals surface area contributed by atoms with Crippen LogP contribution >= 0.6 is 11.6 Å². The summed E-state index contributed by atoms with van der Waals surface area (Å²) in [5.74, 6) is 0. The van der Waals surface area contributed by atoms with Crippen LogP contribution in [0.1, 0.15) is 11.3 Å². The lowest BCUT2D eigenvalue weighted by Crippen LogP contribution is -1.80. The van der Waals surface area contributed by atoms with E-state index in [1.54, 1.807) is 6.07 Å². The highest BCUT2D eigenvalue weighted by atomic mass is 35.5. The first-order valence-corrected chi connectivity index (χ1v) is 3.33. The maximum Gasteiger partial charge on any atom is 0.106 e. The van der Waals surface area contributed by atoms with E-state index in [4.69, 9.17) is 16.9 Å². The zero-order valence-electron chi connectivity index (χ0n) is 5.61. The molecule has 0 bridgehead atoms. The Morgan fingerprint density at radius 2 is 2.50 bits per heavy atom. The molecule has 10 heavy (non-hydrogen) atoms. The first-order chi connectivity index (χ1) is 4.74. The minimum atomic E-state index is 0.426. The summed E-state index contributed by atoms with van der Waals surface area (Å²) >= 11 is 5.64. The SMILES string of the molecule is Cc1[nH]c(Cl)cc1CC#N. The Morgan fingerprint density at radius 3 is 2.90 bits per heavy atom. The molecule has 0 atom stereocenters. The molecule has 0 saturated heterocycles. The van der Waals surface area contributed by atoms with E-state index in [2.05, 4.69) is 11.1 Å². The fraction of sp³-hybridized carbons (Fsp3) is 0.286. The highest BCUT2D eigenvalue weighted by molar-refractivity contribution is 6.29. The van der Waals surface area contributed by atoms with Crippen molar-refractivity contribution in [1.82, 2.24) is 4.98 Å². The van der Waals surface area contributed by atoms with E-state index < -0.39 is 0 Å². The molecular formula is C7H7ClN2. The number of aromatic amines is 1. The van der Waals surface area contributed by atoms with Gasteiger partial charge in [0.1, 0.15) is 5.15 Å². The van der Waals surface area contributed by atoms with Crippen molar-refractivity contribution in [3.05, 3.63) is 22.5 Å². The second-order valence-electron chi connectivity index (χ2n) is 2.10. The predicted octanol–water partition coefficient (Wildman–Crippen LogP) is 2.04. The number of hydrogen-bond acceptors (Lipinski definition) is 1. The Morgan fingerprint density at radius 1 is 1.80 bits per heavy atom. The quantitative estimate of drug-likeness (QED) is 0.661. The van der Waals surface area contributed by atoms with Gasteiger partial charge in [0, 0.05) is 5.69 Å². The van der Waals surface area contributed by atoms with Crippen LogP contribution in [0.4, 0.5) is 0 Å². The largest absolute Gasteiger partial charge is 0.350 e. The van der Waals surface area contributed by atoms with Crippen LogP contribution in [0.15, 0.2) is 6.07 Å². The predicted molar refractivity (Wildman–Crippen MR) is 39.9 cm³/mol. The van der Waals surface area contributed by atoms with E-state index >= 15 is 0 Å². The number of H-pyrrole nitrogens is 1. The summed E-state index contributed by atoms with van der Waals surface area (Å²) in [5, 5.41) is 8.95. The normalized spacial score (nSPS) is 9.30. The van der Waals surface area contributed by atoms with Gasteiger partial charge in [0.2, 0.25) is 0 Å². The summed E-state index contributed by atoms with van der Waals surface area (Å²) < 4.78 is 0. The van der Waals surface area contributed by atoms with Gasteiger partial charge in [-0.25, -0.2) is 0 Å². The molecule has 0 unspecified atom stereocenters.